The van der Waals surface area contributed by atoms with Gasteiger partial charge in [0, 0.05) is 16.0 Å². The van der Waals surface area contributed by atoms with Gasteiger partial charge in [-0.15, -0.1) is 0 Å². The van der Waals surface area contributed by atoms with Gasteiger partial charge in [0.25, 0.3) is 5.91 Å². The van der Waals surface area contributed by atoms with E-state index in [-0.39, 0.29) is 5.91 Å². The van der Waals surface area contributed by atoms with Gasteiger partial charge in [-0.3, -0.25) is 4.79 Å². The second-order valence-electron chi connectivity index (χ2n) is 5.01. The van der Waals surface area contributed by atoms with Crippen LogP contribution in [0.25, 0.3) is 0 Å². The molecule has 0 aromatic heterocycles. The molecule has 18 heavy (non-hydrogen) atoms. The molecule has 1 amide bonds. The highest BCUT2D eigenvalue weighted by atomic mass is 79.9. The van der Waals surface area contributed by atoms with Gasteiger partial charge in [0.1, 0.15) is 0 Å². The van der Waals surface area contributed by atoms with Crippen LogP contribution < -0.4 is 5.32 Å². The molecule has 0 atom stereocenters. The maximum Gasteiger partial charge on any atom is 0.252 e. The second-order valence-corrected chi connectivity index (χ2v) is 6.30. The molecule has 1 aliphatic rings. The number of carbonyl (C=O) groups is 1. The number of hydrogen-bond donors (Lipinski definition) is 1. The Bertz CT molecular complexity index is 452. The van der Waals surface area contributed by atoms with Crippen LogP contribution in [0.2, 0.25) is 5.02 Å². The molecule has 0 spiro atoms. The lowest BCUT2D eigenvalue weighted by Gasteiger charge is -2.41. The Balaban J connectivity index is 2.01. The van der Waals surface area contributed by atoms with Crippen molar-refractivity contribution >= 4 is 33.4 Å². The Morgan fingerprint density at radius 1 is 1.50 bits per heavy atom. The van der Waals surface area contributed by atoms with Crippen LogP contribution in [0.3, 0.4) is 0 Å². The van der Waals surface area contributed by atoms with Gasteiger partial charge in [0.05, 0.1) is 5.56 Å². The van der Waals surface area contributed by atoms with Crippen molar-refractivity contribution in [3.8, 4) is 0 Å². The second kappa shape index (κ2) is 5.62. The fourth-order valence-electron chi connectivity index (χ4n) is 2.37. The monoisotopic (exact) mass is 329 g/mol. The van der Waals surface area contributed by atoms with Crippen molar-refractivity contribution in [2.24, 2.45) is 5.41 Å². The van der Waals surface area contributed by atoms with Crippen LogP contribution in [0.4, 0.5) is 0 Å². The quantitative estimate of drug-likeness (QED) is 0.870. The molecule has 1 aromatic carbocycles. The van der Waals surface area contributed by atoms with E-state index in [9.17, 15) is 4.79 Å². The van der Waals surface area contributed by atoms with E-state index < -0.39 is 0 Å². The van der Waals surface area contributed by atoms with Crippen LogP contribution >= 0.6 is 27.5 Å². The van der Waals surface area contributed by atoms with E-state index in [1.807, 2.05) is 0 Å². The summed E-state index contributed by atoms with van der Waals surface area (Å²) in [6.07, 6.45) is 4.86. The summed E-state index contributed by atoms with van der Waals surface area (Å²) in [6, 6.07) is 5.26. The Hall–Kier alpha value is -0.540. The van der Waals surface area contributed by atoms with Crippen LogP contribution in [0.5, 0.6) is 0 Å². The number of benzene rings is 1. The minimum absolute atomic E-state index is 0.0518. The van der Waals surface area contributed by atoms with Gasteiger partial charge in [-0.2, -0.15) is 0 Å². The molecule has 1 aromatic rings. The molecule has 4 heteroatoms. The van der Waals surface area contributed by atoms with Gasteiger partial charge < -0.3 is 5.32 Å². The van der Waals surface area contributed by atoms with Crippen molar-refractivity contribution < 1.29 is 4.79 Å². The smallest absolute Gasteiger partial charge is 0.252 e. The number of nitrogens with one attached hydrogen (secondary N) is 1. The maximum atomic E-state index is 12.1. The van der Waals surface area contributed by atoms with E-state index in [4.69, 9.17) is 11.6 Å². The molecule has 2 nitrogen and oxygen atoms in total. The van der Waals surface area contributed by atoms with Gasteiger partial charge in [0.15, 0.2) is 0 Å². The molecule has 0 saturated heterocycles. The van der Waals surface area contributed by atoms with Crippen molar-refractivity contribution in [3.05, 3.63) is 33.3 Å². The van der Waals surface area contributed by atoms with Gasteiger partial charge >= 0.3 is 0 Å². The van der Waals surface area contributed by atoms with Crippen LogP contribution in [0.15, 0.2) is 22.7 Å². The predicted octanol–water partition coefficient (Wildman–Crippen LogP) is 4.41. The SMILES string of the molecule is CCC1(CNC(=O)c2cc(Cl)ccc2Br)CCC1. The lowest BCUT2D eigenvalue weighted by Crippen LogP contribution is -2.41. The van der Waals surface area contributed by atoms with E-state index in [0.29, 0.717) is 16.0 Å². The molecule has 1 aliphatic carbocycles. The zero-order valence-corrected chi connectivity index (χ0v) is 12.8. The number of rotatable bonds is 4. The normalized spacial score (nSPS) is 17.1. The maximum absolute atomic E-state index is 12.1. The first-order valence-electron chi connectivity index (χ1n) is 6.29. The molecule has 1 saturated carbocycles. The predicted molar refractivity (Wildman–Crippen MR) is 78.1 cm³/mol. The number of amides is 1. The number of halogens is 2. The number of carbonyl (C=O) groups excluding carboxylic acids is 1. The fraction of sp³-hybridized carbons (Fsp3) is 0.500. The fourth-order valence-corrected chi connectivity index (χ4v) is 2.97. The highest BCUT2D eigenvalue weighted by Gasteiger charge is 2.35. The van der Waals surface area contributed by atoms with E-state index >= 15 is 0 Å². The molecule has 0 aliphatic heterocycles. The van der Waals surface area contributed by atoms with Crippen molar-refractivity contribution in [3.63, 3.8) is 0 Å². The molecule has 1 N–H and O–H groups in total. The summed E-state index contributed by atoms with van der Waals surface area (Å²) in [7, 11) is 0. The molecular weight excluding hydrogens is 314 g/mol. The van der Waals surface area contributed by atoms with E-state index in [1.54, 1.807) is 18.2 Å². The highest BCUT2D eigenvalue weighted by Crippen LogP contribution is 2.43. The third kappa shape index (κ3) is 2.89. The van der Waals surface area contributed by atoms with Crippen molar-refractivity contribution in [2.45, 2.75) is 32.6 Å². The summed E-state index contributed by atoms with van der Waals surface area (Å²) < 4.78 is 0.781. The average Bonchev–Trinajstić information content (AvgIpc) is 2.31. The first-order valence-corrected chi connectivity index (χ1v) is 7.47. The molecule has 98 valence electrons. The molecule has 0 heterocycles. The van der Waals surface area contributed by atoms with Gasteiger partial charge in [-0.05, 0) is 58.8 Å². The van der Waals surface area contributed by atoms with Crippen LogP contribution in [0, 0.1) is 5.41 Å². The largest absolute Gasteiger partial charge is 0.351 e. The topological polar surface area (TPSA) is 29.1 Å². The zero-order valence-electron chi connectivity index (χ0n) is 10.4. The Kier molecular flexibility index (Phi) is 4.33. The van der Waals surface area contributed by atoms with E-state index in [1.165, 1.54) is 19.3 Å². The number of hydrogen-bond acceptors (Lipinski definition) is 1. The molecule has 0 radical (unpaired) electrons. The summed E-state index contributed by atoms with van der Waals surface area (Å²) in [6.45, 7) is 2.96. The molecular formula is C14H17BrClNO. The van der Waals surface area contributed by atoms with Gasteiger partial charge in [0.2, 0.25) is 0 Å². The first-order chi connectivity index (χ1) is 8.56. The Morgan fingerprint density at radius 3 is 2.78 bits per heavy atom. The lowest BCUT2D eigenvalue weighted by molar-refractivity contribution is 0.0849. The molecule has 0 unspecified atom stereocenters. The summed E-state index contributed by atoms with van der Waals surface area (Å²) in [4.78, 5) is 12.1. The lowest BCUT2D eigenvalue weighted by atomic mass is 9.67. The summed E-state index contributed by atoms with van der Waals surface area (Å²) in [5.41, 5.74) is 0.939. The summed E-state index contributed by atoms with van der Waals surface area (Å²) in [5, 5.41) is 3.61. The Labute approximate surface area is 121 Å². The van der Waals surface area contributed by atoms with E-state index in [2.05, 4.69) is 28.2 Å². The summed E-state index contributed by atoms with van der Waals surface area (Å²) in [5.74, 6) is -0.0518. The van der Waals surface area contributed by atoms with E-state index in [0.717, 1.165) is 17.4 Å². The van der Waals surface area contributed by atoms with Crippen molar-refractivity contribution in [1.29, 1.82) is 0 Å². The summed E-state index contributed by atoms with van der Waals surface area (Å²) >= 11 is 9.30. The average molecular weight is 331 g/mol. The minimum atomic E-state index is -0.0518. The third-order valence-electron chi connectivity index (χ3n) is 3.96. The van der Waals surface area contributed by atoms with Crippen LogP contribution in [-0.4, -0.2) is 12.5 Å². The first kappa shape index (κ1) is 13.9. The Morgan fingerprint density at radius 2 is 2.22 bits per heavy atom. The van der Waals surface area contributed by atoms with Crippen molar-refractivity contribution in [1.82, 2.24) is 5.32 Å². The van der Waals surface area contributed by atoms with Crippen LogP contribution in [0.1, 0.15) is 43.0 Å². The van der Waals surface area contributed by atoms with Crippen LogP contribution in [-0.2, 0) is 0 Å². The highest BCUT2D eigenvalue weighted by molar-refractivity contribution is 9.10. The van der Waals surface area contributed by atoms with Gasteiger partial charge in [-0.1, -0.05) is 24.9 Å². The molecule has 1 fully saturated rings. The molecule has 2 rings (SSSR count). The molecule has 0 bridgehead atoms. The minimum Gasteiger partial charge on any atom is -0.351 e. The third-order valence-corrected chi connectivity index (χ3v) is 4.89. The van der Waals surface area contributed by atoms with Gasteiger partial charge in [-0.25, -0.2) is 0 Å². The zero-order chi connectivity index (χ0) is 13.2. The van der Waals surface area contributed by atoms with Crippen molar-refractivity contribution in [2.75, 3.05) is 6.54 Å². The standard InChI is InChI=1S/C14H17BrClNO/c1-2-14(6-3-7-14)9-17-13(18)11-8-10(16)4-5-12(11)15/h4-5,8H,2-3,6-7,9H2,1H3,(H,17,18).